The molecule has 2 atom stereocenters. The lowest BCUT2D eigenvalue weighted by Crippen LogP contribution is -2.52. The fourth-order valence-electron chi connectivity index (χ4n) is 4.15. The van der Waals surface area contributed by atoms with Crippen LogP contribution in [0.3, 0.4) is 0 Å². The van der Waals surface area contributed by atoms with Crippen LogP contribution in [0, 0.1) is 5.82 Å². The molecule has 0 aliphatic carbocycles. The van der Waals surface area contributed by atoms with Gasteiger partial charge in [0.15, 0.2) is 0 Å². The number of carbonyl (C=O) groups is 2. The van der Waals surface area contributed by atoms with Gasteiger partial charge in [-0.25, -0.2) is 12.8 Å². The molecule has 0 saturated carbocycles. The molecule has 2 unspecified atom stereocenters. The van der Waals surface area contributed by atoms with Crippen LogP contribution < -0.4 is 19.1 Å². The molecular weight excluding hydrogens is 561 g/mol. The molecule has 0 aliphatic heterocycles. The van der Waals surface area contributed by atoms with Gasteiger partial charge in [-0.05, 0) is 93.4 Å². The van der Waals surface area contributed by atoms with Crippen molar-refractivity contribution in [3.8, 4) is 11.5 Å². The lowest BCUT2D eigenvalue weighted by molar-refractivity contribution is -0.139. The average molecular weight is 600 g/mol. The molecule has 0 fully saturated rings. The Balaban J connectivity index is 2.02. The van der Waals surface area contributed by atoms with Crippen molar-refractivity contribution in [1.82, 2.24) is 10.2 Å². The van der Waals surface area contributed by atoms with E-state index in [4.69, 9.17) is 9.47 Å². The summed E-state index contributed by atoms with van der Waals surface area (Å²) in [6, 6.07) is 16.7. The number of ether oxygens (including phenoxy) is 2. The molecule has 0 spiro atoms. The third kappa shape index (κ3) is 8.22. The molecule has 0 radical (unpaired) electrons. The second kappa shape index (κ2) is 14.7. The number of hydrogen-bond donors (Lipinski definition) is 1. The van der Waals surface area contributed by atoms with Crippen LogP contribution in [0.5, 0.6) is 11.5 Å². The molecule has 0 aromatic heterocycles. The first-order valence-corrected chi connectivity index (χ1v) is 15.2. The molecule has 3 aromatic rings. The molecule has 0 saturated heterocycles. The predicted molar refractivity (Wildman–Crippen MR) is 159 cm³/mol. The molecule has 0 bridgehead atoms. The summed E-state index contributed by atoms with van der Waals surface area (Å²) in [6.07, 6.45) is 0.695. The second-order valence-corrected chi connectivity index (χ2v) is 11.6. The van der Waals surface area contributed by atoms with Crippen molar-refractivity contribution >= 4 is 27.5 Å². The Bertz CT molecular complexity index is 1450. The first-order valence-electron chi connectivity index (χ1n) is 13.7. The Hall–Kier alpha value is -4.12. The summed E-state index contributed by atoms with van der Waals surface area (Å²) in [5.41, 5.74) is 0.783. The van der Waals surface area contributed by atoms with Gasteiger partial charge in [-0.2, -0.15) is 0 Å². The van der Waals surface area contributed by atoms with Crippen molar-refractivity contribution in [1.29, 1.82) is 0 Å². The summed E-state index contributed by atoms with van der Waals surface area (Å²) in [7, 11) is -2.77. The topological polar surface area (TPSA) is 105 Å². The predicted octanol–water partition coefficient (Wildman–Crippen LogP) is 4.76. The van der Waals surface area contributed by atoms with Gasteiger partial charge < -0.3 is 19.7 Å². The van der Waals surface area contributed by atoms with E-state index in [1.54, 1.807) is 31.2 Å². The van der Waals surface area contributed by atoms with Crippen molar-refractivity contribution in [3.05, 3.63) is 84.2 Å². The number of methoxy groups -OCH3 is 1. The number of benzene rings is 3. The zero-order valence-corrected chi connectivity index (χ0v) is 25.4. The van der Waals surface area contributed by atoms with Crippen LogP contribution >= 0.6 is 0 Å². The van der Waals surface area contributed by atoms with Gasteiger partial charge in [0, 0.05) is 12.6 Å². The van der Waals surface area contributed by atoms with Gasteiger partial charge in [0.1, 0.15) is 29.9 Å². The van der Waals surface area contributed by atoms with Crippen molar-refractivity contribution in [2.75, 3.05) is 24.6 Å². The maximum absolute atomic E-state index is 14.0. The standard InChI is InChI=1S/C31H38FN3O6S/c1-6-22(3)33-31(37)23(4)34(20-24-9-8-10-28(19-24)40-5)30(36)21-35(26-13-11-25(32)12-14-26)42(38,39)29-17-15-27(16-18-29)41-7-2/h8-19,22-23H,6-7,20-21H2,1-5H3,(H,33,37). The maximum atomic E-state index is 14.0. The van der Waals surface area contributed by atoms with E-state index in [9.17, 15) is 22.4 Å². The summed E-state index contributed by atoms with van der Waals surface area (Å²) in [6.45, 7) is 7.00. The molecule has 3 rings (SSSR count). The number of halogens is 1. The third-order valence-corrected chi connectivity index (χ3v) is 8.56. The lowest BCUT2D eigenvalue weighted by Gasteiger charge is -2.32. The summed E-state index contributed by atoms with van der Waals surface area (Å²) in [5.74, 6) is -0.487. The minimum absolute atomic E-state index is 0.0193. The van der Waals surface area contributed by atoms with Crippen molar-refractivity contribution in [2.24, 2.45) is 0 Å². The molecule has 0 heterocycles. The van der Waals surface area contributed by atoms with Gasteiger partial charge in [-0.3, -0.25) is 13.9 Å². The molecule has 0 aliphatic rings. The van der Waals surface area contributed by atoms with Gasteiger partial charge in [-0.15, -0.1) is 0 Å². The van der Waals surface area contributed by atoms with Gasteiger partial charge in [0.05, 0.1) is 24.3 Å². The Morgan fingerprint density at radius 3 is 2.21 bits per heavy atom. The summed E-state index contributed by atoms with van der Waals surface area (Å²) >= 11 is 0. The Morgan fingerprint density at radius 1 is 0.952 bits per heavy atom. The second-order valence-electron chi connectivity index (χ2n) is 9.76. The van der Waals surface area contributed by atoms with Crippen LogP contribution in [0.1, 0.15) is 39.7 Å². The van der Waals surface area contributed by atoms with E-state index >= 15 is 0 Å². The van der Waals surface area contributed by atoms with Gasteiger partial charge in [0.25, 0.3) is 10.0 Å². The quantitative estimate of drug-likeness (QED) is 0.287. The Morgan fingerprint density at radius 2 is 1.62 bits per heavy atom. The number of nitrogens with zero attached hydrogens (tertiary/aromatic N) is 2. The van der Waals surface area contributed by atoms with Gasteiger partial charge in [0.2, 0.25) is 11.8 Å². The van der Waals surface area contributed by atoms with Crippen LogP contribution in [0.25, 0.3) is 0 Å². The zero-order valence-electron chi connectivity index (χ0n) is 24.5. The highest BCUT2D eigenvalue weighted by Gasteiger charge is 2.33. The third-order valence-electron chi connectivity index (χ3n) is 6.77. The first kappa shape index (κ1) is 32.4. The van der Waals surface area contributed by atoms with E-state index in [1.165, 1.54) is 48.4 Å². The summed E-state index contributed by atoms with van der Waals surface area (Å²) in [4.78, 5) is 28.4. The highest BCUT2D eigenvalue weighted by molar-refractivity contribution is 7.92. The van der Waals surface area contributed by atoms with Crippen molar-refractivity contribution in [3.63, 3.8) is 0 Å². The minimum atomic E-state index is -4.29. The summed E-state index contributed by atoms with van der Waals surface area (Å²) in [5, 5.41) is 2.89. The van der Waals surface area contributed by atoms with E-state index in [-0.39, 0.29) is 29.1 Å². The average Bonchev–Trinajstić information content (AvgIpc) is 2.99. The minimum Gasteiger partial charge on any atom is -0.497 e. The highest BCUT2D eigenvalue weighted by atomic mass is 32.2. The van der Waals surface area contributed by atoms with Gasteiger partial charge in [-0.1, -0.05) is 19.1 Å². The molecule has 11 heteroatoms. The van der Waals surface area contributed by atoms with E-state index in [0.717, 1.165) is 16.4 Å². The molecule has 9 nitrogen and oxygen atoms in total. The number of amides is 2. The molecule has 226 valence electrons. The largest absolute Gasteiger partial charge is 0.497 e. The first-order chi connectivity index (χ1) is 20.0. The number of rotatable bonds is 14. The van der Waals surface area contributed by atoms with E-state index in [0.29, 0.717) is 30.1 Å². The summed E-state index contributed by atoms with van der Waals surface area (Å²) < 4.78 is 53.3. The number of nitrogens with one attached hydrogen (secondary N) is 1. The smallest absolute Gasteiger partial charge is 0.264 e. The number of sulfonamides is 1. The van der Waals surface area contributed by atoms with Crippen LogP contribution in [-0.2, 0) is 26.2 Å². The SMILES string of the molecule is CCOc1ccc(S(=O)(=O)N(CC(=O)N(Cc2cccc(OC)c2)C(C)C(=O)NC(C)CC)c2ccc(F)cc2)cc1. The zero-order chi connectivity index (χ0) is 30.9. The normalized spacial score (nSPS) is 12.6. The fourth-order valence-corrected chi connectivity index (χ4v) is 5.57. The molecule has 1 N–H and O–H groups in total. The lowest BCUT2D eigenvalue weighted by atomic mass is 10.1. The van der Waals surface area contributed by atoms with Crippen LogP contribution in [0.4, 0.5) is 10.1 Å². The maximum Gasteiger partial charge on any atom is 0.264 e. The molecule has 42 heavy (non-hydrogen) atoms. The van der Waals surface area contributed by atoms with E-state index in [2.05, 4.69) is 5.32 Å². The van der Waals surface area contributed by atoms with Crippen molar-refractivity contribution in [2.45, 2.75) is 57.6 Å². The monoisotopic (exact) mass is 599 g/mol. The number of hydrogen-bond acceptors (Lipinski definition) is 6. The van der Waals surface area contributed by atoms with Crippen LogP contribution in [0.15, 0.2) is 77.7 Å². The van der Waals surface area contributed by atoms with Gasteiger partial charge >= 0.3 is 0 Å². The molecule has 2 amide bonds. The van der Waals surface area contributed by atoms with Crippen LogP contribution in [-0.4, -0.2) is 57.5 Å². The van der Waals surface area contributed by atoms with E-state index in [1.807, 2.05) is 20.8 Å². The van der Waals surface area contributed by atoms with Crippen LogP contribution in [0.2, 0.25) is 0 Å². The molecular formula is C31H38FN3O6S. The van der Waals surface area contributed by atoms with Crippen molar-refractivity contribution < 1.29 is 31.9 Å². The number of anilines is 1. The number of carbonyl (C=O) groups excluding carboxylic acids is 2. The Kier molecular flexibility index (Phi) is 11.3. The Labute approximate surface area is 247 Å². The fraction of sp³-hybridized carbons (Fsp3) is 0.355. The molecule has 3 aromatic carbocycles. The van der Waals surface area contributed by atoms with E-state index < -0.39 is 34.3 Å². The highest BCUT2D eigenvalue weighted by Crippen LogP contribution is 2.26.